The lowest BCUT2D eigenvalue weighted by Crippen LogP contribution is -2.43. The molecule has 2 rings (SSSR count). The third-order valence-electron chi connectivity index (χ3n) is 4.36. The minimum Gasteiger partial charge on any atom is -0.480 e. The number of hydrogen-bond acceptors (Lipinski definition) is 3. The molecule has 1 saturated heterocycles. The molecule has 0 aromatic rings. The van der Waals surface area contributed by atoms with Crippen LogP contribution in [0.5, 0.6) is 0 Å². The zero-order valence-corrected chi connectivity index (χ0v) is 12.0. The van der Waals surface area contributed by atoms with Crippen LogP contribution < -0.4 is 5.32 Å². The fourth-order valence-electron chi connectivity index (χ4n) is 2.86. The average Bonchev–Trinajstić information content (AvgIpc) is 2.97. The maximum Gasteiger partial charge on any atom is 0.326 e. The van der Waals surface area contributed by atoms with Gasteiger partial charge in [0.1, 0.15) is 6.04 Å². The molecule has 2 amide bonds. The number of nitrogens with one attached hydrogen (secondary N) is 1. The third-order valence-corrected chi connectivity index (χ3v) is 4.36. The fraction of sp³-hybridized carbons (Fsp3) is 0.786. The van der Waals surface area contributed by atoms with Crippen molar-refractivity contribution in [3.05, 3.63) is 0 Å². The van der Waals surface area contributed by atoms with Crippen molar-refractivity contribution in [1.29, 1.82) is 0 Å². The van der Waals surface area contributed by atoms with E-state index in [1.807, 2.05) is 13.8 Å². The van der Waals surface area contributed by atoms with E-state index in [4.69, 9.17) is 5.11 Å². The summed E-state index contributed by atoms with van der Waals surface area (Å²) in [4.78, 5) is 36.3. The average molecular weight is 282 g/mol. The summed E-state index contributed by atoms with van der Waals surface area (Å²) >= 11 is 0. The Morgan fingerprint density at radius 3 is 2.45 bits per heavy atom. The summed E-state index contributed by atoms with van der Waals surface area (Å²) in [6.45, 7) is 4.66. The van der Waals surface area contributed by atoms with E-state index >= 15 is 0 Å². The summed E-state index contributed by atoms with van der Waals surface area (Å²) < 4.78 is 0. The second-order valence-corrected chi connectivity index (χ2v) is 6.00. The van der Waals surface area contributed by atoms with Crippen molar-refractivity contribution in [1.82, 2.24) is 10.2 Å². The van der Waals surface area contributed by atoms with Crippen LogP contribution in [0.15, 0.2) is 0 Å². The van der Waals surface area contributed by atoms with E-state index < -0.39 is 12.0 Å². The Labute approximate surface area is 118 Å². The zero-order chi connectivity index (χ0) is 14.9. The molecule has 112 valence electrons. The first-order valence-electron chi connectivity index (χ1n) is 7.21. The number of amides is 2. The molecule has 2 fully saturated rings. The molecule has 0 aromatic carbocycles. The number of rotatable bonds is 5. The Morgan fingerprint density at radius 1 is 1.25 bits per heavy atom. The van der Waals surface area contributed by atoms with Gasteiger partial charge >= 0.3 is 5.97 Å². The van der Waals surface area contributed by atoms with Crippen molar-refractivity contribution in [2.24, 2.45) is 17.8 Å². The predicted octanol–water partition coefficient (Wildman–Crippen LogP) is 0.470. The van der Waals surface area contributed by atoms with Gasteiger partial charge in [-0.2, -0.15) is 0 Å². The molecule has 0 aromatic heterocycles. The summed E-state index contributed by atoms with van der Waals surface area (Å²) in [6.07, 6.45) is 1.81. The summed E-state index contributed by atoms with van der Waals surface area (Å²) in [5.41, 5.74) is 0. The highest BCUT2D eigenvalue weighted by Gasteiger charge is 2.40. The van der Waals surface area contributed by atoms with Gasteiger partial charge in [-0.3, -0.25) is 9.59 Å². The number of carbonyl (C=O) groups excluding carboxylic acids is 2. The molecule has 2 aliphatic rings. The Balaban J connectivity index is 1.77. The molecule has 0 bridgehead atoms. The van der Waals surface area contributed by atoms with Gasteiger partial charge in [0, 0.05) is 25.4 Å². The van der Waals surface area contributed by atoms with Gasteiger partial charge in [0.05, 0.1) is 0 Å². The first-order chi connectivity index (χ1) is 9.41. The predicted molar refractivity (Wildman–Crippen MR) is 71.8 cm³/mol. The summed E-state index contributed by atoms with van der Waals surface area (Å²) in [5.74, 6) is -0.594. The lowest BCUT2D eigenvalue weighted by atomic mass is 10.0. The molecular weight excluding hydrogens is 260 g/mol. The van der Waals surface area contributed by atoms with Crippen molar-refractivity contribution in [3.63, 3.8) is 0 Å². The van der Waals surface area contributed by atoms with Crippen molar-refractivity contribution in [3.8, 4) is 0 Å². The minimum absolute atomic E-state index is 0.00914. The van der Waals surface area contributed by atoms with E-state index in [1.54, 1.807) is 0 Å². The van der Waals surface area contributed by atoms with Gasteiger partial charge in [0.2, 0.25) is 11.8 Å². The van der Waals surface area contributed by atoms with Crippen LogP contribution in [0.4, 0.5) is 0 Å². The van der Waals surface area contributed by atoms with Crippen LogP contribution in [0.1, 0.15) is 33.1 Å². The van der Waals surface area contributed by atoms with E-state index in [1.165, 1.54) is 4.90 Å². The van der Waals surface area contributed by atoms with Crippen molar-refractivity contribution >= 4 is 17.8 Å². The van der Waals surface area contributed by atoms with Gasteiger partial charge in [0.15, 0.2) is 0 Å². The van der Waals surface area contributed by atoms with Crippen LogP contribution in [-0.4, -0.2) is 46.9 Å². The maximum atomic E-state index is 12.0. The molecule has 1 aliphatic carbocycles. The van der Waals surface area contributed by atoms with E-state index in [2.05, 4.69) is 5.32 Å². The Morgan fingerprint density at radius 2 is 1.90 bits per heavy atom. The molecule has 6 nitrogen and oxygen atoms in total. The molecule has 4 unspecified atom stereocenters. The first kappa shape index (κ1) is 14.8. The molecular formula is C14H22N2O4. The molecule has 2 N–H and O–H groups in total. The lowest BCUT2D eigenvalue weighted by Gasteiger charge is -2.23. The smallest absolute Gasteiger partial charge is 0.326 e. The van der Waals surface area contributed by atoms with Crippen LogP contribution in [0.2, 0.25) is 0 Å². The van der Waals surface area contributed by atoms with Crippen LogP contribution in [0.25, 0.3) is 0 Å². The Bertz CT molecular complexity index is 423. The summed E-state index contributed by atoms with van der Waals surface area (Å²) in [6, 6.07) is -0.721. The second-order valence-electron chi connectivity index (χ2n) is 6.00. The molecule has 1 heterocycles. The summed E-state index contributed by atoms with van der Waals surface area (Å²) in [7, 11) is 0. The van der Waals surface area contributed by atoms with E-state index in [-0.39, 0.29) is 36.6 Å². The standard InChI is InChI=1S/C14H22N2O4/c1-8-4-6-16(12(8)14(19)20)11(17)3-5-15-13(18)10-7-9(10)2/h8-10,12H,3-7H2,1-2H3,(H,15,18)(H,19,20). The van der Waals surface area contributed by atoms with Crippen molar-refractivity contribution < 1.29 is 19.5 Å². The number of nitrogens with zero attached hydrogens (tertiary/aromatic N) is 1. The number of likely N-dealkylation sites (tertiary alicyclic amines) is 1. The van der Waals surface area contributed by atoms with E-state index in [0.29, 0.717) is 18.9 Å². The van der Waals surface area contributed by atoms with Crippen LogP contribution in [0.3, 0.4) is 0 Å². The molecule has 20 heavy (non-hydrogen) atoms. The van der Waals surface area contributed by atoms with Crippen molar-refractivity contribution in [2.75, 3.05) is 13.1 Å². The lowest BCUT2D eigenvalue weighted by molar-refractivity contribution is -0.149. The number of carbonyl (C=O) groups is 3. The molecule has 0 spiro atoms. The Kier molecular flexibility index (Phi) is 4.30. The Hall–Kier alpha value is -1.59. The monoisotopic (exact) mass is 282 g/mol. The highest BCUT2D eigenvalue weighted by Crippen LogP contribution is 2.37. The highest BCUT2D eigenvalue weighted by atomic mass is 16.4. The topological polar surface area (TPSA) is 86.7 Å². The highest BCUT2D eigenvalue weighted by molar-refractivity contribution is 5.85. The largest absolute Gasteiger partial charge is 0.480 e. The molecule has 1 saturated carbocycles. The number of aliphatic carboxylic acids is 1. The normalized spacial score (nSPS) is 32.0. The van der Waals surface area contributed by atoms with E-state index in [9.17, 15) is 14.4 Å². The van der Waals surface area contributed by atoms with Crippen LogP contribution in [-0.2, 0) is 14.4 Å². The van der Waals surface area contributed by atoms with Gasteiger partial charge in [-0.05, 0) is 24.7 Å². The quantitative estimate of drug-likeness (QED) is 0.767. The number of carboxylic acids is 1. The van der Waals surface area contributed by atoms with Crippen LogP contribution >= 0.6 is 0 Å². The number of hydrogen-bond donors (Lipinski definition) is 2. The second kappa shape index (κ2) is 5.81. The zero-order valence-electron chi connectivity index (χ0n) is 12.0. The molecule has 4 atom stereocenters. The fourth-order valence-corrected chi connectivity index (χ4v) is 2.86. The maximum absolute atomic E-state index is 12.0. The number of carboxylic acid groups (broad SMARTS) is 1. The van der Waals surface area contributed by atoms with Crippen molar-refractivity contribution in [2.45, 2.75) is 39.2 Å². The first-order valence-corrected chi connectivity index (χ1v) is 7.21. The third kappa shape index (κ3) is 3.11. The van der Waals surface area contributed by atoms with Crippen LogP contribution in [0, 0.1) is 17.8 Å². The van der Waals surface area contributed by atoms with Gasteiger partial charge in [-0.25, -0.2) is 4.79 Å². The minimum atomic E-state index is -0.945. The molecule has 1 aliphatic heterocycles. The van der Waals surface area contributed by atoms with Gasteiger partial charge in [-0.1, -0.05) is 13.8 Å². The van der Waals surface area contributed by atoms with Gasteiger partial charge in [-0.15, -0.1) is 0 Å². The van der Waals surface area contributed by atoms with Gasteiger partial charge in [0.25, 0.3) is 0 Å². The molecule has 6 heteroatoms. The summed E-state index contributed by atoms with van der Waals surface area (Å²) in [5, 5.41) is 11.9. The van der Waals surface area contributed by atoms with Gasteiger partial charge < -0.3 is 15.3 Å². The molecule has 0 radical (unpaired) electrons. The SMILES string of the molecule is CC1CC1C(=O)NCCC(=O)N1CCC(C)C1C(=O)O. The van der Waals surface area contributed by atoms with E-state index in [0.717, 1.165) is 6.42 Å².